The molecule has 0 spiro atoms. The van der Waals surface area contributed by atoms with E-state index in [1.54, 1.807) is 6.21 Å². The van der Waals surface area contributed by atoms with E-state index < -0.39 is 20.6 Å². The minimum Gasteiger partial charge on any atom is -0.272 e. The first-order valence-corrected chi connectivity index (χ1v) is 8.49. The Morgan fingerprint density at radius 2 is 1.92 bits per heavy atom. The summed E-state index contributed by atoms with van der Waals surface area (Å²) in [5.41, 5.74) is 3.26. The van der Waals surface area contributed by atoms with E-state index in [0.717, 1.165) is 11.6 Å². The molecule has 0 bridgehead atoms. The molecule has 2 aromatic carbocycles. The van der Waals surface area contributed by atoms with E-state index in [1.807, 2.05) is 37.3 Å². The second-order valence-electron chi connectivity index (χ2n) is 5.07. The summed E-state index contributed by atoms with van der Waals surface area (Å²) in [5.74, 6) is 0.00134. The van der Waals surface area contributed by atoms with Crippen LogP contribution >= 0.6 is 0 Å². The third kappa shape index (κ3) is 4.37. The van der Waals surface area contributed by atoms with Crippen LogP contribution in [0.1, 0.15) is 18.4 Å². The zero-order valence-corrected chi connectivity index (χ0v) is 13.6. The van der Waals surface area contributed by atoms with Gasteiger partial charge in [0.1, 0.15) is 5.69 Å². The number of hydrogen-bond acceptors (Lipinski definition) is 6. The van der Waals surface area contributed by atoms with Crippen molar-refractivity contribution in [1.82, 2.24) is 0 Å². The van der Waals surface area contributed by atoms with Gasteiger partial charge in [0, 0.05) is 18.2 Å². The minimum absolute atomic E-state index is 0.00134. The zero-order valence-electron chi connectivity index (χ0n) is 12.8. The molecule has 8 nitrogen and oxygen atoms in total. The quantitative estimate of drug-likeness (QED) is 0.471. The molecule has 2 aromatic rings. The molecule has 126 valence electrons. The molecule has 24 heavy (non-hydrogen) atoms. The Hall–Kier alpha value is -2.78. The lowest BCUT2D eigenvalue weighted by atomic mass is 10.0. The molecule has 0 aromatic heterocycles. The fraction of sp³-hybridized carbons (Fsp3) is 0.133. The van der Waals surface area contributed by atoms with E-state index >= 15 is 0 Å². The number of rotatable bonds is 6. The van der Waals surface area contributed by atoms with Gasteiger partial charge in [0.05, 0.1) is 9.82 Å². The van der Waals surface area contributed by atoms with E-state index in [0.29, 0.717) is 0 Å². The molecule has 0 aliphatic rings. The molecule has 2 rings (SSSR count). The van der Waals surface area contributed by atoms with E-state index in [2.05, 4.69) is 10.5 Å². The molecule has 0 unspecified atom stereocenters. The minimum atomic E-state index is -4.02. The molecular weight excluding hydrogens is 332 g/mol. The molecule has 0 aliphatic heterocycles. The van der Waals surface area contributed by atoms with Crippen LogP contribution in [-0.2, 0) is 10.0 Å². The summed E-state index contributed by atoms with van der Waals surface area (Å²) in [4.78, 5) is 10.1. The molecule has 3 N–H and O–H groups in total. The number of nitrogens with two attached hydrogens (primary N) is 1. The van der Waals surface area contributed by atoms with Crippen LogP contribution in [0.5, 0.6) is 0 Å². The molecule has 0 radical (unpaired) electrons. The molecule has 0 amide bonds. The maximum atomic E-state index is 11.3. The standard InChI is InChI=1S/C15H16N4O4S/c1-11(12-5-3-2-4-6-12)10-17-18-14-8-7-13(24(16,22)23)9-15(14)19(20)21/h2-11,18H,1H3,(H2,16,22,23)/b17-10-/t11-/m0/s1. The summed E-state index contributed by atoms with van der Waals surface area (Å²) in [6.07, 6.45) is 1.60. The smallest absolute Gasteiger partial charge is 0.272 e. The van der Waals surface area contributed by atoms with Crippen molar-refractivity contribution in [3.8, 4) is 0 Å². The number of nitro groups is 1. The lowest BCUT2D eigenvalue weighted by molar-refractivity contribution is -0.384. The molecule has 9 heteroatoms. The lowest BCUT2D eigenvalue weighted by Crippen LogP contribution is -2.12. The Morgan fingerprint density at radius 1 is 1.25 bits per heavy atom. The third-order valence-electron chi connectivity index (χ3n) is 3.30. The summed E-state index contributed by atoms with van der Waals surface area (Å²) in [6, 6.07) is 12.9. The van der Waals surface area contributed by atoms with Crippen LogP contribution in [0.4, 0.5) is 11.4 Å². The van der Waals surface area contributed by atoms with Gasteiger partial charge in [-0.15, -0.1) is 0 Å². The van der Waals surface area contributed by atoms with Gasteiger partial charge in [0.15, 0.2) is 0 Å². The zero-order chi connectivity index (χ0) is 17.7. The Labute approximate surface area is 139 Å². The van der Waals surface area contributed by atoms with Crippen LogP contribution in [0.25, 0.3) is 0 Å². The van der Waals surface area contributed by atoms with Gasteiger partial charge in [-0.05, 0) is 17.7 Å². The van der Waals surface area contributed by atoms with E-state index in [-0.39, 0.29) is 16.5 Å². The highest BCUT2D eigenvalue weighted by Crippen LogP contribution is 2.27. The Bertz CT molecular complexity index is 866. The van der Waals surface area contributed by atoms with Gasteiger partial charge in [-0.3, -0.25) is 15.5 Å². The van der Waals surface area contributed by atoms with Crippen molar-refractivity contribution in [2.24, 2.45) is 10.2 Å². The maximum absolute atomic E-state index is 11.3. The van der Waals surface area contributed by atoms with Gasteiger partial charge in [-0.2, -0.15) is 5.10 Å². The Kier molecular flexibility index (Phi) is 5.27. The van der Waals surface area contributed by atoms with Crippen molar-refractivity contribution in [1.29, 1.82) is 0 Å². The molecule has 0 fully saturated rings. The number of nitro benzene ring substituents is 1. The summed E-state index contributed by atoms with van der Waals surface area (Å²) < 4.78 is 22.6. The summed E-state index contributed by atoms with van der Waals surface area (Å²) in [7, 11) is -4.02. The SMILES string of the molecule is C[C@@H](/C=N\Nc1ccc(S(N)(=O)=O)cc1[N+](=O)[O-])c1ccccc1. The van der Waals surface area contributed by atoms with Gasteiger partial charge in [-0.1, -0.05) is 37.3 Å². The highest BCUT2D eigenvalue weighted by molar-refractivity contribution is 7.89. The second kappa shape index (κ2) is 7.20. The van der Waals surface area contributed by atoms with Crippen molar-refractivity contribution in [2.75, 3.05) is 5.43 Å². The van der Waals surface area contributed by atoms with E-state index in [1.165, 1.54) is 12.1 Å². The normalized spacial score (nSPS) is 12.9. The predicted octanol–water partition coefficient (Wildman–Crippen LogP) is 2.44. The highest BCUT2D eigenvalue weighted by atomic mass is 32.2. The van der Waals surface area contributed by atoms with Crippen molar-refractivity contribution < 1.29 is 13.3 Å². The molecule has 0 aliphatic carbocycles. The fourth-order valence-electron chi connectivity index (χ4n) is 2.00. The Morgan fingerprint density at radius 3 is 2.50 bits per heavy atom. The third-order valence-corrected chi connectivity index (χ3v) is 4.21. The van der Waals surface area contributed by atoms with Gasteiger partial charge in [0.25, 0.3) is 5.69 Å². The van der Waals surface area contributed by atoms with Crippen LogP contribution in [0.3, 0.4) is 0 Å². The first kappa shape index (κ1) is 17.6. The number of benzene rings is 2. The number of nitrogens with zero attached hydrogens (tertiary/aromatic N) is 2. The van der Waals surface area contributed by atoms with Gasteiger partial charge in [-0.25, -0.2) is 13.6 Å². The average Bonchev–Trinajstić information content (AvgIpc) is 2.54. The van der Waals surface area contributed by atoms with Gasteiger partial charge in [0.2, 0.25) is 10.0 Å². The Balaban J connectivity index is 2.20. The average molecular weight is 348 g/mol. The number of hydrazone groups is 1. The molecule has 0 heterocycles. The van der Waals surface area contributed by atoms with Crippen LogP contribution in [-0.4, -0.2) is 19.6 Å². The van der Waals surface area contributed by atoms with Crippen molar-refractivity contribution in [3.05, 3.63) is 64.2 Å². The number of nitrogens with one attached hydrogen (secondary N) is 1. The summed E-state index contributed by atoms with van der Waals surface area (Å²) >= 11 is 0. The van der Waals surface area contributed by atoms with Gasteiger partial charge >= 0.3 is 0 Å². The number of primary sulfonamides is 1. The number of anilines is 1. The molecule has 1 atom stereocenters. The number of hydrogen-bond donors (Lipinski definition) is 2. The predicted molar refractivity (Wildman–Crippen MR) is 91.4 cm³/mol. The molecular formula is C15H16N4O4S. The highest BCUT2D eigenvalue weighted by Gasteiger charge is 2.18. The molecule has 0 saturated heterocycles. The van der Waals surface area contributed by atoms with Crippen LogP contribution in [0.15, 0.2) is 58.5 Å². The van der Waals surface area contributed by atoms with Crippen LogP contribution in [0, 0.1) is 10.1 Å². The lowest BCUT2D eigenvalue weighted by Gasteiger charge is -2.07. The number of sulfonamides is 1. The first-order chi connectivity index (χ1) is 11.3. The molecule has 0 saturated carbocycles. The summed E-state index contributed by atoms with van der Waals surface area (Å²) in [5, 5.41) is 20.1. The van der Waals surface area contributed by atoms with E-state index in [9.17, 15) is 18.5 Å². The van der Waals surface area contributed by atoms with Crippen LogP contribution < -0.4 is 10.6 Å². The monoisotopic (exact) mass is 348 g/mol. The maximum Gasteiger partial charge on any atom is 0.295 e. The van der Waals surface area contributed by atoms with Gasteiger partial charge < -0.3 is 0 Å². The van der Waals surface area contributed by atoms with Crippen LogP contribution in [0.2, 0.25) is 0 Å². The largest absolute Gasteiger partial charge is 0.295 e. The van der Waals surface area contributed by atoms with Crippen molar-refractivity contribution >= 4 is 27.6 Å². The van der Waals surface area contributed by atoms with Crippen molar-refractivity contribution in [2.45, 2.75) is 17.7 Å². The fourth-order valence-corrected chi connectivity index (χ4v) is 2.53. The van der Waals surface area contributed by atoms with E-state index in [4.69, 9.17) is 5.14 Å². The topological polar surface area (TPSA) is 128 Å². The second-order valence-corrected chi connectivity index (χ2v) is 6.63. The summed E-state index contributed by atoms with van der Waals surface area (Å²) in [6.45, 7) is 1.93. The first-order valence-electron chi connectivity index (χ1n) is 6.94. The van der Waals surface area contributed by atoms with Crippen molar-refractivity contribution in [3.63, 3.8) is 0 Å².